The van der Waals surface area contributed by atoms with Gasteiger partial charge in [-0.15, -0.1) is 0 Å². The van der Waals surface area contributed by atoms with E-state index in [2.05, 4.69) is 4.98 Å². The zero-order valence-corrected chi connectivity index (χ0v) is 15.2. The third-order valence-corrected chi connectivity index (χ3v) is 4.65. The average molecular weight is 363 g/mol. The van der Waals surface area contributed by atoms with Crippen molar-refractivity contribution in [1.82, 2.24) is 9.88 Å². The number of rotatable bonds is 6. The summed E-state index contributed by atoms with van der Waals surface area (Å²) in [6, 6.07) is 7.58. The standard InChI is InChI=1S/C19H23ClN2O3/c1-2-24-13-18(23)22-10-4-3-5-17(22)19-21-12-16(25-19)11-14-6-8-15(20)9-7-14/h6-9,12,17H,2-5,10-11,13H2,1H3/t17-/m1/s1. The van der Waals surface area contributed by atoms with Gasteiger partial charge in [-0.3, -0.25) is 4.79 Å². The van der Waals surface area contributed by atoms with E-state index in [-0.39, 0.29) is 18.6 Å². The Balaban J connectivity index is 1.70. The van der Waals surface area contributed by atoms with Crippen LogP contribution in [0.2, 0.25) is 5.02 Å². The van der Waals surface area contributed by atoms with Crippen molar-refractivity contribution in [1.29, 1.82) is 0 Å². The van der Waals surface area contributed by atoms with E-state index in [1.165, 1.54) is 0 Å². The summed E-state index contributed by atoms with van der Waals surface area (Å²) in [5, 5.41) is 0.715. The highest BCUT2D eigenvalue weighted by Crippen LogP contribution is 2.31. The molecule has 0 aliphatic carbocycles. The molecule has 1 aliphatic rings. The van der Waals surface area contributed by atoms with E-state index >= 15 is 0 Å². The number of hydrogen-bond acceptors (Lipinski definition) is 4. The highest BCUT2D eigenvalue weighted by atomic mass is 35.5. The topological polar surface area (TPSA) is 55.6 Å². The van der Waals surface area contributed by atoms with Crippen molar-refractivity contribution < 1.29 is 13.9 Å². The summed E-state index contributed by atoms with van der Waals surface area (Å²) in [7, 11) is 0. The van der Waals surface area contributed by atoms with Gasteiger partial charge in [0, 0.05) is 24.6 Å². The van der Waals surface area contributed by atoms with Crippen LogP contribution in [0.3, 0.4) is 0 Å². The molecular weight excluding hydrogens is 340 g/mol. The first kappa shape index (κ1) is 18.0. The Morgan fingerprint density at radius 2 is 2.16 bits per heavy atom. The summed E-state index contributed by atoms with van der Waals surface area (Å²) in [5.74, 6) is 1.41. The highest BCUT2D eigenvalue weighted by Gasteiger charge is 2.31. The second-order valence-electron chi connectivity index (χ2n) is 6.20. The maximum Gasteiger partial charge on any atom is 0.249 e. The van der Waals surface area contributed by atoms with Gasteiger partial charge in [-0.05, 0) is 43.9 Å². The van der Waals surface area contributed by atoms with E-state index in [9.17, 15) is 4.79 Å². The molecule has 0 unspecified atom stereocenters. The van der Waals surface area contributed by atoms with E-state index in [1.807, 2.05) is 36.1 Å². The molecular formula is C19H23ClN2O3. The van der Waals surface area contributed by atoms with Gasteiger partial charge >= 0.3 is 0 Å². The van der Waals surface area contributed by atoms with Crippen LogP contribution in [0.4, 0.5) is 0 Å². The fourth-order valence-corrected chi connectivity index (χ4v) is 3.25. The predicted octanol–water partition coefficient (Wildman–Crippen LogP) is 4.01. The first-order valence-electron chi connectivity index (χ1n) is 8.73. The lowest BCUT2D eigenvalue weighted by Gasteiger charge is -2.33. The molecule has 134 valence electrons. The first-order valence-corrected chi connectivity index (χ1v) is 9.11. The summed E-state index contributed by atoms with van der Waals surface area (Å²) in [5.41, 5.74) is 1.11. The number of nitrogens with zero attached hydrogens (tertiary/aromatic N) is 2. The molecule has 0 saturated carbocycles. The van der Waals surface area contributed by atoms with Crippen molar-refractivity contribution >= 4 is 17.5 Å². The molecule has 3 rings (SSSR count). The summed E-state index contributed by atoms with van der Waals surface area (Å²) in [4.78, 5) is 18.7. The van der Waals surface area contributed by atoms with E-state index in [4.69, 9.17) is 20.8 Å². The molecule has 0 radical (unpaired) electrons. The summed E-state index contributed by atoms with van der Waals surface area (Å²) in [6.45, 7) is 3.27. The van der Waals surface area contributed by atoms with Gasteiger partial charge in [0.05, 0.1) is 6.20 Å². The zero-order valence-electron chi connectivity index (χ0n) is 14.4. The number of amides is 1. The maximum absolute atomic E-state index is 12.4. The minimum atomic E-state index is -0.0966. The second-order valence-corrected chi connectivity index (χ2v) is 6.64. The predicted molar refractivity (Wildman–Crippen MR) is 95.6 cm³/mol. The van der Waals surface area contributed by atoms with Crippen LogP contribution in [-0.2, 0) is 16.0 Å². The van der Waals surface area contributed by atoms with Crippen molar-refractivity contribution in [2.45, 2.75) is 38.6 Å². The third-order valence-electron chi connectivity index (χ3n) is 4.40. The Morgan fingerprint density at radius 3 is 2.92 bits per heavy atom. The number of carbonyl (C=O) groups is 1. The zero-order chi connectivity index (χ0) is 17.6. The van der Waals surface area contributed by atoms with Crippen LogP contribution >= 0.6 is 11.6 Å². The lowest BCUT2D eigenvalue weighted by molar-refractivity contribution is -0.140. The fraction of sp³-hybridized carbons (Fsp3) is 0.474. The van der Waals surface area contributed by atoms with Gasteiger partial charge in [0.2, 0.25) is 11.8 Å². The van der Waals surface area contributed by atoms with Crippen molar-refractivity contribution in [3.05, 3.63) is 52.7 Å². The molecule has 1 fully saturated rings. The number of piperidine rings is 1. The van der Waals surface area contributed by atoms with Crippen LogP contribution in [-0.4, -0.2) is 35.5 Å². The molecule has 1 saturated heterocycles. The molecule has 1 aromatic carbocycles. The Hall–Kier alpha value is -1.85. The molecule has 1 atom stereocenters. The molecule has 0 spiro atoms. The smallest absolute Gasteiger partial charge is 0.249 e. The van der Waals surface area contributed by atoms with Gasteiger partial charge in [0.15, 0.2) is 0 Å². The largest absolute Gasteiger partial charge is 0.443 e. The molecule has 1 aliphatic heterocycles. The van der Waals surface area contributed by atoms with Gasteiger partial charge < -0.3 is 14.1 Å². The van der Waals surface area contributed by atoms with Crippen LogP contribution in [0.1, 0.15) is 49.4 Å². The number of ether oxygens (including phenoxy) is 1. The Morgan fingerprint density at radius 1 is 1.36 bits per heavy atom. The van der Waals surface area contributed by atoms with Gasteiger partial charge in [0.25, 0.3) is 0 Å². The highest BCUT2D eigenvalue weighted by molar-refractivity contribution is 6.30. The van der Waals surface area contributed by atoms with Crippen LogP contribution in [0.15, 0.2) is 34.9 Å². The maximum atomic E-state index is 12.4. The van der Waals surface area contributed by atoms with Crippen LogP contribution in [0.25, 0.3) is 0 Å². The van der Waals surface area contributed by atoms with E-state index in [1.54, 1.807) is 6.20 Å². The Bertz CT molecular complexity index is 699. The minimum absolute atomic E-state index is 0.00370. The number of likely N-dealkylation sites (tertiary alicyclic amines) is 1. The number of halogens is 1. The summed E-state index contributed by atoms with van der Waals surface area (Å²) < 4.78 is 11.2. The number of carbonyl (C=O) groups excluding carboxylic acids is 1. The molecule has 25 heavy (non-hydrogen) atoms. The number of hydrogen-bond donors (Lipinski definition) is 0. The third kappa shape index (κ3) is 4.61. The number of oxazole rings is 1. The molecule has 0 bridgehead atoms. The monoisotopic (exact) mass is 362 g/mol. The minimum Gasteiger partial charge on any atom is -0.443 e. The SMILES string of the molecule is CCOCC(=O)N1CCCC[C@@H]1c1ncc(Cc2ccc(Cl)cc2)o1. The molecule has 5 nitrogen and oxygen atoms in total. The molecule has 0 N–H and O–H groups in total. The van der Waals surface area contributed by atoms with Crippen molar-refractivity contribution in [2.75, 3.05) is 19.8 Å². The lowest BCUT2D eigenvalue weighted by Crippen LogP contribution is -2.40. The van der Waals surface area contributed by atoms with Crippen molar-refractivity contribution in [3.8, 4) is 0 Å². The van der Waals surface area contributed by atoms with Crippen LogP contribution in [0, 0.1) is 0 Å². The number of benzene rings is 1. The fourth-order valence-electron chi connectivity index (χ4n) is 3.12. The molecule has 1 aromatic heterocycles. The van der Waals surface area contributed by atoms with Crippen LogP contribution < -0.4 is 0 Å². The van der Waals surface area contributed by atoms with Crippen molar-refractivity contribution in [3.63, 3.8) is 0 Å². The molecule has 2 heterocycles. The van der Waals surface area contributed by atoms with Gasteiger partial charge in [-0.2, -0.15) is 0 Å². The molecule has 2 aromatic rings. The second kappa shape index (κ2) is 8.50. The molecule has 1 amide bonds. The Labute approximate surface area is 152 Å². The summed E-state index contributed by atoms with van der Waals surface area (Å²) in [6.07, 6.45) is 5.36. The number of aromatic nitrogens is 1. The first-order chi connectivity index (χ1) is 12.2. The van der Waals surface area contributed by atoms with Gasteiger partial charge in [-0.1, -0.05) is 23.7 Å². The van der Waals surface area contributed by atoms with E-state index in [0.717, 1.165) is 37.1 Å². The van der Waals surface area contributed by atoms with Gasteiger partial charge in [0.1, 0.15) is 18.4 Å². The van der Waals surface area contributed by atoms with Crippen molar-refractivity contribution in [2.24, 2.45) is 0 Å². The summed E-state index contributed by atoms with van der Waals surface area (Å²) >= 11 is 5.92. The van der Waals surface area contributed by atoms with Gasteiger partial charge in [-0.25, -0.2) is 4.98 Å². The lowest BCUT2D eigenvalue weighted by atomic mass is 10.0. The van der Waals surface area contributed by atoms with Crippen LogP contribution in [0.5, 0.6) is 0 Å². The Kier molecular flexibility index (Phi) is 6.10. The average Bonchev–Trinajstić information content (AvgIpc) is 3.10. The van der Waals surface area contributed by atoms with E-state index < -0.39 is 0 Å². The molecule has 6 heteroatoms. The normalized spacial score (nSPS) is 17.7. The van der Waals surface area contributed by atoms with E-state index in [0.29, 0.717) is 23.9 Å². The quantitative estimate of drug-likeness (QED) is 0.779.